The van der Waals surface area contributed by atoms with Gasteiger partial charge in [0.05, 0.1) is 30.1 Å². The number of aromatic nitrogens is 6. The van der Waals surface area contributed by atoms with Gasteiger partial charge in [0.25, 0.3) is 0 Å². The van der Waals surface area contributed by atoms with Crippen LogP contribution in [0.15, 0.2) is 36.7 Å². The van der Waals surface area contributed by atoms with Gasteiger partial charge in [-0.1, -0.05) is 11.6 Å². The van der Waals surface area contributed by atoms with Crippen LogP contribution in [0.2, 0.25) is 5.02 Å². The first-order valence-corrected chi connectivity index (χ1v) is 12.1. The Hall–Kier alpha value is -3.17. The molecule has 0 radical (unpaired) electrons. The van der Waals surface area contributed by atoms with E-state index in [1.807, 2.05) is 48.8 Å². The number of ether oxygens (including phenoxy) is 1. The molecule has 6 rings (SSSR count). The number of hydrogen-bond donors (Lipinski definition) is 0. The minimum Gasteiger partial charge on any atom is -0.375 e. The summed E-state index contributed by atoms with van der Waals surface area (Å²) in [7, 11) is 0. The summed E-state index contributed by atoms with van der Waals surface area (Å²) in [4.78, 5) is 20.4. The van der Waals surface area contributed by atoms with Crippen LogP contribution in [0.1, 0.15) is 37.2 Å². The Morgan fingerprint density at radius 1 is 1.09 bits per heavy atom. The van der Waals surface area contributed by atoms with Gasteiger partial charge < -0.3 is 9.64 Å². The SMILES string of the molecule is Cc1nc2nc(N3CCOC(C)C3)nc(-c3ccc(Cl)cc3F)c2nc1C.c1cnn(C2CC2)c1. The van der Waals surface area contributed by atoms with Gasteiger partial charge in [-0.2, -0.15) is 10.1 Å². The number of fused-ring (bicyclic) bond motifs is 1. The van der Waals surface area contributed by atoms with Crippen molar-refractivity contribution in [2.75, 3.05) is 24.6 Å². The smallest absolute Gasteiger partial charge is 0.228 e. The predicted octanol–water partition coefficient (Wildman–Crippen LogP) is 4.94. The third kappa shape index (κ3) is 5.26. The van der Waals surface area contributed by atoms with E-state index in [1.165, 1.54) is 18.9 Å². The molecular formula is C25H27ClFN7O. The minimum absolute atomic E-state index is 0.0691. The minimum atomic E-state index is -0.455. The zero-order valence-corrected chi connectivity index (χ0v) is 20.7. The number of rotatable bonds is 3. The summed E-state index contributed by atoms with van der Waals surface area (Å²) in [6, 6.07) is 7.24. The van der Waals surface area contributed by atoms with Gasteiger partial charge in [0.15, 0.2) is 5.65 Å². The summed E-state index contributed by atoms with van der Waals surface area (Å²) >= 11 is 5.91. The van der Waals surface area contributed by atoms with Crippen LogP contribution >= 0.6 is 11.6 Å². The Morgan fingerprint density at radius 2 is 1.89 bits per heavy atom. The first-order chi connectivity index (χ1) is 16.9. The van der Waals surface area contributed by atoms with Crippen molar-refractivity contribution in [3.8, 4) is 11.3 Å². The van der Waals surface area contributed by atoms with Gasteiger partial charge in [0, 0.05) is 36.1 Å². The maximum absolute atomic E-state index is 14.7. The maximum atomic E-state index is 14.7. The van der Waals surface area contributed by atoms with Crippen molar-refractivity contribution in [2.24, 2.45) is 0 Å². The summed E-state index contributed by atoms with van der Waals surface area (Å²) in [5, 5.41) is 4.42. The van der Waals surface area contributed by atoms with Gasteiger partial charge in [-0.25, -0.2) is 19.3 Å². The molecule has 8 nitrogen and oxygen atoms in total. The van der Waals surface area contributed by atoms with Crippen LogP contribution in [0.3, 0.4) is 0 Å². The van der Waals surface area contributed by atoms with Crippen LogP contribution in [0.25, 0.3) is 22.4 Å². The normalized spacial score (nSPS) is 17.9. The number of halogens is 2. The van der Waals surface area contributed by atoms with Crippen LogP contribution in [-0.4, -0.2) is 55.5 Å². The quantitative estimate of drug-likeness (QED) is 0.398. The van der Waals surface area contributed by atoms with E-state index in [0.717, 1.165) is 17.4 Å². The number of benzene rings is 1. The Bertz CT molecular complexity index is 1340. The number of morpholine rings is 1. The third-order valence-corrected chi connectivity index (χ3v) is 6.32. The van der Waals surface area contributed by atoms with Crippen molar-refractivity contribution >= 4 is 28.7 Å². The molecule has 1 saturated carbocycles. The van der Waals surface area contributed by atoms with Gasteiger partial charge in [0.1, 0.15) is 17.0 Å². The highest BCUT2D eigenvalue weighted by molar-refractivity contribution is 6.30. The lowest BCUT2D eigenvalue weighted by Crippen LogP contribution is -2.42. The van der Waals surface area contributed by atoms with E-state index in [9.17, 15) is 4.39 Å². The Kier molecular flexibility index (Phi) is 6.62. The van der Waals surface area contributed by atoms with Gasteiger partial charge in [0.2, 0.25) is 5.95 Å². The molecule has 0 bridgehead atoms. The third-order valence-electron chi connectivity index (χ3n) is 6.09. The average Bonchev–Trinajstić information content (AvgIpc) is 3.54. The van der Waals surface area contributed by atoms with Crippen LogP contribution < -0.4 is 4.90 Å². The first kappa shape index (κ1) is 23.6. The lowest BCUT2D eigenvalue weighted by atomic mass is 10.1. The van der Waals surface area contributed by atoms with Gasteiger partial charge in [-0.3, -0.25) is 4.68 Å². The molecule has 2 aliphatic rings. The van der Waals surface area contributed by atoms with Gasteiger partial charge in [-0.15, -0.1) is 0 Å². The molecule has 10 heteroatoms. The molecule has 35 heavy (non-hydrogen) atoms. The largest absolute Gasteiger partial charge is 0.375 e. The number of hydrogen-bond acceptors (Lipinski definition) is 7. The summed E-state index contributed by atoms with van der Waals surface area (Å²) in [5.74, 6) is 0.0448. The molecule has 1 aromatic carbocycles. The number of anilines is 1. The highest BCUT2D eigenvalue weighted by atomic mass is 35.5. The Labute approximate surface area is 208 Å². The van der Waals surface area contributed by atoms with Crippen LogP contribution in [0.5, 0.6) is 0 Å². The van der Waals surface area contributed by atoms with Crippen molar-refractivity contribution < 1.29 is 9.13 Å². The molecule has 0 amide bonds. The summed E-state index contributed by atoms with van der Waals surface area (Å²) in [6.07, 6.45) is 6.57. The van der Waals surface area contributed by atoms with Crippen molar-refractivity contribution in [1.29, 1.82) is 0 Å². The van der Waals surface area contributed by atoms with Gasteiger partial charge >= 0.3 is 0 Å². The molecular weight excluding hydrogens is 469 g/mol. The zero-order chi connectivity index (χ0) is 24.5. The monoisotopic (exact) mass is 495 g/mol. The second kappa shape index (κ2) is 9.83. The van der Waals surface area contributed by atoms with E-state index in [0.29, 0.717) is 53.1 Å². The lowest BCUT2D eigenvalue weighted by Gasteiger charge is -2.31. The molecule has 0 N–H and O–H groups in total. The fourth-order valence-electron chi connectivity index (χ4n) is 3.95. The van der Waals surface area contributed by atoms with E-state index < -0.39 is 5.82 Å². The summed E-state index contributed by atoms with van der Waals surface area (Å²) < 4.78 is 22.3. The van der Waals surface area contributed by atoms with Crippen LogP contribution in [-0.2, 0) is 4.74 Å². The van der Waals surface area contributed by atoms with Gasteiger partial charge in [-0.05, 0) is 57.9 Å². The molecule has 4 heterocycles. The van der Waals surface area contributed by atoms with Crippen molar-refractivity contribution in [1.82, 2.24) is 29.7 Å². The van der Waals surface area contributed by atoms with E-state index in [4.69, 9.17) is 16.3 Å². The second-order valence-electron chi connectivity index (χ2n) is 8.91. The molecule has 4 aromatic rings. The Balaban J connectivity index is 0.000000265. The average molecular weight is 496 g/mol. The molecule has 1 atom stereocenters. The molecule has 1 aliphatic carbocycles. The fraction of sp³-hybridized carbons (Fsp3) is 0.400. The molecule has 182 valence electrons. The van der Waals surface area contributed by atoms with Crippen LogP contribution in [0.4, 0.5) is 10.3 Å². The standard InChI is InChI=1S/C19H19ClFN5O.C6H8N2/c1-10-9-26(6-7-27-10)19-24-16(14-5-4-13(20)8-15(14)21)17-18(25-19)23-12(3)11(2)22-17;1-4-7-8(5-1)6-2-3-6/h4-5,8,10H,6-7,9H2,1-3H3;1,4-6H,2-3H2. The molecule has 2 fully saturated rings. The van der Waals surface area contributed by atoms with E-state index in [2.05, 4.69) is 25.0 Å². The first-order valence-electron chi connectivity index (χ1n) is 11.7. The molecule has 1 aliphatic heterocycles. The summed E-state index contributed by atoms with van der Waals surface area (Å²) in [6.45, 7) is 7.65. The van der Waals surface area contributed by atoms with E-state index in [-0.39, 0.29) is 6.10 Å². The van der Waals surface area contributed by atoms with Crippen LogP contribution in [0, 0.1) is 19.7 Å². The zero-order valence-electron chi connectivity index (χ0n) is 19.9. The molecule has 1 saturated heterocycles. The topological polar surface area (TPSA) is 81.8 Å². The molecule has 3 aromatic heterocycles. The van der Waals surface area contributed by atoms with Crippen molar-refractivity contribution in [3.63, 3.8) is 0 Å². The van der Waals surface area contributed by atoms with Crippen molar-refractivity contribution in [3.05, 3.63) is 58.9 Å². The van der Waals surface area contributed by atoms with E-state index >= 15 is 0 Å². The predicted molar refractivity (Wildman–Crippen MR) is 133 cm³/mol. The molecule has 0 spiro atoms. The molecule has 1 unspecified atom stereocenters. The summed E-state index contributed by atoms with van der Waals surface area (Å²) in [5.41, 5.74) is 3.21. The fourth-order valence-corrected chi connectivity index (χ4v) is 4.11. The van der Waals surface area contributed by atoms with Crippen molar-refractivity contribution in [2.45, 2.75) is 45.8 Å². The highest BCUT2D eigenvalue weighted by Crippen LogP contribution is 2.33. The highest BCUT2D eigenvalue weighted by Gasteiger charge is 2.24. The number of aryl methyl sites for hydroxylation is 2. The van der Waals surface area contributed by atoms with E-state index in [1.54, 1.807) is 12.1 Å². The lowest BCUT2D eigenvalue weighted by molar-refractivity contribution is 0.0526. The Morgan fingerprint density at radius 3 is 2.57 bits per heavy atom. The maximum Gasteiger partial charge on any atom is 0.228 e. The number of nitrogens with zero attached hydrogens (tertiary/aromatic N) is 7. The second-order valence-corrected chi connectivity index (χ2v) is 9.34.